The van der Waals surface area contributed by atoms with Gasteiger partial charge in [0.15, 0.2) is 0 Å². The van der Waals surface area contributed by atoms with Gasteiger partial charge in [0.05, 0.1) is 18.4 Å². The first-order valence-electron chi connectivity index (χ1n) is 5.10. The third kappa shape index (κ3) is 7.72. The maximum atomic E-state index is 11.6. The van der Waals surface area contributed by atoms with Crippen molar-refractivity contribution < 1.29 is 13.2 Å². The molecule has 0 radical (unpaired) electrons. The van der Waals surface area contributed by atoms with Crippen molar-refractivity contribution in [3.63, 3.8) is 0 Å². The molecule has 1 atom stereocenters. The van der Waals surface area contributed by atoms with Crippen LogP contribution >= 0.6 is 0 Å². The fourth-order valence-electron chi connectivity index (χ4n) is 1.06. The summed E-state index contributed by atoms with van der Waals surface area (Å²) in [5.74, 6) is 0.519. The van der Waals surface area contributed by atoms with E-state index < -0.39 is 10.0 Å². The molecule has 0 bridgehead atoms. The van der Waals surface area contributed by atoms with Crippen LogP contribution in [0.4, 0.5) is 0 Å². The topological polar surface area (TPSA) is 81.4 Å². The lowest BCUT2D eigenvalue weighted by molar-refractivity contribution is 0.177. The Hall–Kier alpha value is -0.170. The zero-order valence-electron chi connectivity index (χ0n) is 9.69. The number of nitrogens with two attached hydrogens (primary N) is 1. The summed E-state index contributed by atoms with van der Waals surface area (Å²) in [4.78, 5) is 0. The van der Waals surface area contributed by atoms with E-state index in [-0.39, 0.29) is 18.3 Å². The fraction of sp³-hybridized carbons (Fsp3) is 1.00. The van der Waals surface area contributed by atoms with Crippen LogP contribution in [0.1, 0.15) is 20.3 Å². The summed E-state index contributed by atoms with van der Waals surface area (Å²) in [5.41, 5.74) is 5.42. The molecule has 0 aromatic heterocycles. The van der Waals surface area contributed by atoms with Gasteiger partial charge >= 0.3 is 0 Å². The zero-order valence-corrected chi connectivity index (χ0v) is 10.5. The summed E-state index contributed by atoms with van der Waals surface area (Å²) < 4.78 is 30.5. The molecule has 0 aromatic rings. The van der Waals surface area contributed by atoms with Crippen LogP contribution < -0.4 is 10.5 Å². The average Bonchev–Trinajstić information content (AvgIpc) is 2.14. The molecule has 0 heterocycles. The number of nitrogens with one attached hydrogen (secondary N) is 1. The van der Waals surface area contributed by atoms with Crippen LogP contribution in [0.25, 0.3) is 0 Å². The molecule has 0 saturated heterocycles. The molecular formula is C9H22N2O3S. The lowest BCUT2D eigenvalue weighted by atomic mass is 10.2. The summed E-state index contributed by atoms with van der Waals surface area (Å²) in [6.07, 6.45) is 0.652. The first-order valence-corrected chi connectivity index (χ1v) is 6.75. The lowest BCUT2D eigenvalue weighted by Gasteiger charge is -2.16. The number of sulfonamides is 1. The molecule has 92 valence electrons. The summed E-state index contributed by atoms with van der Waals surface area (Å²) >= 11 is 0. The van der Waals surface area contributed by atoms with E-state index in [0.717, 1.165) is 0 Å². The number of hydrogen-bond donors (Lipinski definition) is 2. The van der Waals surface area contributed by atoms with Gasteiger partial charge in [-0.15, -0.1) is 0 Å². The molecule has 0 aliphatic rings. The Bertz CT molecular complexity index is 252. The summed E-state index contributed by atoms with van der Waals surface area (Å²) in [5, 5.41) is 0. The van der Waals surface area contributed by atoms with Gasteiger partial charge in [-0.25, -0.2) is 13.1 Å². The predicted octanol–water partition coefficient (Wildman–Crippen LogP) is -0.0744. The maximum Gasteiger partial charge on any atom is 0.211 e. The summed E-state index contributed by atoms with van der Waals surface area (Å²) in [7, 11) is -1.70. The van der Waals surface area contributed by atoms with Crippen LogP contribution in [0.15, 0.2) is 0 Å². The largest absolute Gasteiger partial charge is 0.383 e. The molecule has 3 N–H and O–H groups in total. The van der Waals surface area contributed by atoms with Gasteiger partial charge in [-0.2, -0.15) is 0 Å². The Morgan fingerprint density at radius 1 is 1.40 bits per heavy atom. The van der Waals surface area contributed by atoms with E-state index in [4.69, 9.17) is 10.5 Å². The van der Waals surface area contributed by atoms with Crippen molar-refractivity contribution in [3.05, 3.63) is 0 Å². The Labute approximate surface area is 92.4 Å². The van der Waals surface area contributed by atoms with Crippen molar-refractivity contribution >= 4 is 10.0 Å². The smallest absolute Gasteiger partial charge is 0.211 e. The van der Waals surface area contributed by atoms with Crippen LogP contribution in [-0.4, -0.2) is 40.5 Å². The molecule has 1 unspecified atom stereocenters. The first-order chi connectivity index (χ1) is 6.91. The quantitative estimate of drug-likeness (QED) is 0.620. The van der Waals surface area contributed by atoms with Gasteiger partial charge in [-0.05, 0) is 12.3 Å². The number of ether oxygens (including phenoxy) is 1. The molecule has 0 rings (SSSR count). The Morgan fingerprint density at radius 3 is 2.40 bits per heavy atom. The monoisotopic (exact) mass is 238 g/mol. The molecule has 6 heteroatoms. The van der Waals surface area contributed by atoms with Crippen LogP contribution in [0.3, 0.4) is 0 Å². The normalized spacial score (nSPS) is 14.5. The molecule has 0 fully saturated rings. The molecule has 5 nitrogen and oxygen atoms in total. The van der Waals surface area contributed by atoms with E-state index in [1.165, 1.54) is 7.11 Å². The van der Waals surface area contributed by atoms with Crippen LogP contribution in [0.5, 0.6) is 0 Å². The highest BCUT2D eigenvalue weighted by Gasteiger charge is 2.16. The summed E-state index contributed by atoms with van der Waals surface area (Å²) in [6.45, 7) is 4.53. The van der Waals surface area contributed by atoms with Gasteiger partial charge in [0, 0.05) is 13.7 Å². The Balaban J connectivity index is 4.10. The standard InChI is InChI=1S/C9H22N2O3S/c1-8(2)4-5-15(12,13)11-9(6-10)7-14-3/h8-9,11H,4-7,10H2,1-3H3. The van der Waals surface area contributed by atoms with Gasteiger partial charge < -0.3 is 10.5 Å². The zero-order chi connectivity index (χ0) is 11.9. The minimum absolute atomic E-state index is 0.144. The van der Waals surface area contributed by atoms with Crippen LogP contribution in [0, 0.1) is 5.92 Å². The van der Waals surface area contributed by atoms with Gasteiger partial charge in [0.25, 0.3) is 0 Å². The Kier molecular flexibility index (Phi) is 7.08. The maximum absolute atomic E-state index is 11.6. The first kappa shape index (κ1) is 14.8. The summed E-state index contributed by atoms with van der Waals surface area (Å²) in [6, 6.07) is -0.327. The second-order valence-electron chi connectivity index (χ2n) is 4.01. The highest BCUT2D eigenvalue weighted by molar-refractivity contribution is 7.89. The molecule has 15 heavy (non-hydrogen) atoms. The molecule has 0 amide bonds. The highest BCUT2D eigenvalue weighted by Crippen LogP contribution is 2.02. The third-order valence-corrected chi connectivity index (χ3v) is 3.43. The number of methoxy groups -OCH3 is 1. The van der Waals surface area contributed by atoms with Crippen molar-refractivity contribution in [2.45, 2.75) is 26.3 Å². The van der Waals surface area contributed by atoms with E-state index in [1.54, 1.807) is 0 Å². The molecule has 0 spiro atoms. The average molecular weight is 238 g/mol. The van der Waals surface area contributed by atoms with E-state index in [1.807, 2.05) is 13.8 Å². The highest BCUT2D eigenvalue weighted by atomic mass is 32.2. The molecular weight excluding hydrogens is 216 g/mol. The second-order valence-corrected chi connectivity index (χ2v) is 5.88. The van der Waals surface area contributed by atoms with Crippen LogP contribution in [0.2, 0.25) is 0 Å². The van der Waals surface area contributed by atoms with Gasteiger partial charge in [0.2, 0.25) is 10.0 Å². The SMILES string of the molecule is COCC(CN)NS(=O)(=O)CCC(C)C. The molecule has 0 saturated carbocycles. The minimum atomic E-state index is -3.22. The van der Waals surface area contributed by atoms with Crippen molar-refractivity contribution in [2.24, 2.45) is 11.7 Å². The van der Waals surface area contributed by atoms with Crippen molar-refractivity contribution in [2.75, 3.05) is 26.0 Å². The molecule has 0 aliphatic heterocycles. The minimum Gasteiger partial charge on any atom is -0.383 e. The van der Waals surface area contributed by atoms with Gasteiger partial charge in [-0.3, -0.25) is 0 Å². The number of hydrogen-bond acceptors (Lipinski definition) is 4. The second kappa shape index (κ2) is 7.16. The van der Waals surface area contributed by atoms with Gasteiger partial charge in [0.1, 0.15) is 0 Å². The fourth-order valence-corrected chi connectivity index (χ4v) is 2.63. The lowest BCUT2D eigenvalue weighted by Crippen LogP contribution is -2.44. The van der Waals surface area contributed by atoms with Crippen molar-refractivity contribution in [1.29, 1.82) is 0 Å². The molecule has 0 aromatic carbocycles. The molecule has 0 aliphatic carbocycles. The van der Waals surface area contributed by atoms with Gasteiger partial charge in [-0.1, -0.05) is 13.8 Å². The van der Waals surface area contributed by atoms with Crippen LogP contribution in [-0.2, 0) is 14.8 Å². The van der Waals surface area contributed by atoms with E-state index in [2.05, 4.69) is 4.72 Å². The van der Waals surface area contributed by atoms with Crippen molar-refractivity contribution in [3.8, 4) is 0 Å². The third-order valence-electron chi connectivity index (χ3n) is 1.96. The predicted molar refractivity (Wildman–Crippen MR) is 61.1 cm³/mol. The Morgan fingerprint density at radius 2 is 2.00 bits per heavy atom. The number of rotatable bonds is 8. The van der Waals surface area contributed by atoms with E-state index in [0.29, 0.717) is 18.9 Å². The van der Waals surface area contributed by atoms with E-state index in [9.17, 15) is 8.42 Å². The van der Waals surface area contributed by atoms with Crippen molar-refractivity contribution in [1.82, 2.24) is 4.72 Å². The van der Waals surface area contributed by atoms with E-state index >= 15 is 0 Å².